The molecule has 1 heterocycles. The maximum absolute atomic E-state index is 12.5. The fourth-order valence-electron chi connectivity index (χ4n) is 2.79. The second-order valence-corrected chi connectivity index (χ2v) is 6.83. The highest BCUT2D eigenvalue weighted by Gasteiger charge is 2.11. The van der Waals surface area contributed by atoms with Gasteiger partial charge in [-0.25, -0.2) is 4.98 Å². The van der Waals surface area contributed by atoms with Crippen molar-refractivity contribution in [2.75, 3.05) is 12.4 Å². The molecule has 28 heavy (non-hydrogen) atoms. The molecule has 0 aliphatic rings. The number of aromatic amines is 1. The quantitative estimate of drug-likeness (QED) is 0.685. The summed E-state index contributed by atoms with van der Waals surface area (Å²) in [5.74, 6) is 1.18. The lowest BCUT2D eigenvalue weighted by molar-refractivity contribution is 0.102. The molecular formula is C22H23N3O3. The average molecular weight is 377 g/mol. The van der Waals surface area contributed by atoms with Crippen LogP contribution >= 0.6 is 0 Å². The Morgan fingerprint density at radius 1 is 1.11 bits per heavy atom. The van der Waals surface area contributed by atoms with Gasteiger partial charge in [-0.1, -0.05) is 38.1 Å². The number of anilines is 1. The van der Waals surface area contributed by atoms with Crippen LogP contribution in [-0.2, 0) is 6.42 Å². The molecule has 2 N–H and O–H groups in total. The summed E-state index contributed by atoms with van der Waals surface area (Å²) < 4.78 is 5.14. The van der Waals surface area contributed by atoms with Crippen LogP contribution in [0.1, 0.15) is 47.2 Å². The van der Waals surface area contributed by atoms with Crippen molar-refractivity contribution >= 4 is 11.6 Å². The Hall–Kier alpha value is -3.41. The molecule has 0 aliphatic carbocycles. The van der Waals surface area contributed by atoms with Crippen LogP contribution in [0.4, 0.5) is 5.69 Å². The number of methoxy groups -OCH3 is 1. The van der Waals surface area contributed by atoms with Crippen molar-refractivity contribution in [1.29, 1.82) is 0 Å². The summed E-state index contributed by atoms with van der Waals surface area (Å²) in [6.45, 7) is 4.22. The van der Waals surface area contributed by atoms with Crippen molar-refractivity contribution < 1.29 is 9.53 Å². The predicted molar refractivity (Wildman–Crippen MR) is 109 cm³/mol. The molecule has 0 radical (unpaired) electrons. The molecule has 0 fully saturated rings. The van der Waals surface area contributed by atoms with Gasteiger partial charge in [-0.05, 0) is 41.3 Å². The molecule has 0 aliphatic heterocycles. The molecule has 2 aromatic carbocycles. The number of ether oxygens (including phenoxy) is 1. The van der Waals surface area contributed by atoms with E-state index in [1.807, 2.05) is 48.5 Å². The van der Waals surface area contributed by atoms with Crippen LogP contribution < -0.4 is 15.6 Å². The third-order valence-electron chi connectivity index (χ3n) is 4.39. The predicted octanol–water partition coefficient (Wildman–Crippen LogP) is 3.75. The van der Waals surface area contributed by atoms with E-state index in [9.17, 15) is 9.59 Å². The van der Waals surface area contributed by atoms with Crippen LogP contribution in [0.5, 0.6) is 5.75 Å². The molecule has 144 valence electrons. The fraction of sp³-hybridized carbons (Fsp3) is 0.227. The topological polar surface area (TPSA) is 84.1 Å². The van der Waals surface area contributed by atoms with Gasteiger partial charge >= 0.3 is 0 Å². The molecule has 0 unspecified atom stereocenters. The number of nitrogens with zero attached hydrogens (tertiary/aromatic N) is 1. The van der Waals surface area contributed by atoms with Crippen LogP contribution in [0.25, 0.3) is 0 Å². The van der Waals surface area contributed by atoms with E-state index in [1.165, 1.54) is 11.6 Å². The van der Waals surface area contributed by atoms with Crippen LogP contribution in [0.15, 0.2) is 59.4 Å². The number of amides is 1. The number of hydrogen-bond donors (Lipinski definition) is 2. The largest absolute Gasteiger partial charge is 0.497 e. The zero-order valence-electron chi connectivity index (χ0n) is 16.2. The first-order valence-corrected chi connectivity index (χ1v) is 9.09. The SMILES string of the molecule is COc1ccc(Cc2nc(C(=O)Nc3ccc(C(C)C)cc3)cc(=O)[nH]2)cc1. The van der Waals surface area contributed by atoms with Gasteiger partial charge in [0.25, 0.3) is 11.5 Å². The van der Waals surface area contributed by atoms with Crippen LogP contribution in [-0.4, -0.2) is 23.0 Å². The summed E-state index contributed by atoms with van der Waals surface area (Å²) >= 11 is 0. The maximum atomic E-state index is 12.5. The van der Waals surface area contributed by atoms with Gasteiger partial charge < -0.3 is 15.0 Å². The van der Waals surface area contributed by atoms with E-state index >= 15 is 0 Å². The third kappa shape index (κ3) is 4.85. The molecule has 0 saturated carbocycles. The molecule has 0 bridgehead atoms. The second-order valence-electron chi connectivity index (χ2n) is 6.83. The molecule has 0 atom stereocenters. The highest BCUT2D eigenvalue weighted by atomic mass is 16.5. The molecule has 1 aromatic heterocycles. The summed E-state index contributed by atoms with van der Waals surface area (Å²) in [6.07, 6.45) is 0.406. The van der Waals surface area contributed by atoms with Gasteiger partial charge in [0.2, 0.25) is 0 Å². The number of nitrogens with one attached hydrogen (secondary N) is 2. The first-order valence-electron chi connectivity index (χ1n) is 9.09. The van der Waals surface area contributed by atoms with E-state index in [-0.39, 0.29) is 11.3 Å². The van der Waals surface area contributed by atoms with E-state index < -0.39 is 5.91 Å². The Labute approximate surface area is 163 Å². The minimum Gasteiger partial charge on any atom is -0.497 e. The number of hydrogen-bond acceptors (Lipinski definition) is 4. The van der Waals surface area contributed by atoms with Gasteiger partial charge in [0, 0.05) is 18.2 Å². The first kappa shape index (κ1) is 19.4. The standard InChI is InChI=1S/C22H23N3O3/c1-14(2)16-6-8-17(9-7-16)23-22(27)19-13-21(26)25-20(24-19)12-15-4-10-18(28-3)11-5-15/h4-11,13-14H,12H2,1-3H3,(H,23,27)(H,24,25,26). The third-order valence-corrected chi connectivity index (χ3v) is 4.39. The molecule has 3 aromatic rings. The van der Waals surface area contributed by atoms with Gasteiger partial charge in [-0.2, -0.15) is 0 Å². The average Bonchev–Trinajstić information content (AvgIpc) is 2.68. The molecule has 0 spiro atoms. The smallest absolute Gasteiger partial charge is 0.274 e. The van der Waals surface area contributed by atoms with Crippen molar-refractivity contribution in [3.63, 3.8) is 0 Å². The van der Waals surface area contributed by atoms with Crippen molar-refractivity contribution in [3.8, 4) is 5.75 Å². The summed E-state index contributed by atoms with van der Waals surface area (Å²) in [7, 11) is 1.60. The molecule has 0 saturated heterocycles. The molecular weight excluding hydrogens is 354 g/mol. The number of H-pyrrole nitrogens is 1. The number of aromatic nitrogens is 2. The van der Waals surface area contributed by atoms with E-state index in [4.69, 9.17) is 4.74 Å². The Balaban J connectivity index is 1.76. The van der Waals surface area contributed by atoms with Crippen LogP contribution in [0.2, 0.25) is 0 Å². The van der Waals surface area contributed by atoms with Gasteiger partial charge in [0.15, 0.2) is 0 Å². The zero-order chi connectivity index (χ0) is 20.1. The summed E-state index contributed by atoms with van der Waals surface area (Å²) in [4.78, 5) is 31.5. The van der Waals surface area contributed by atoms with Gasteiger partial charge in [-0.15, -0.1) is 0 Å². The highest BCUT2D eigenvalue weighted by molar-refractivity contribution is 6.02. The first-order chi connectivity index (χ1) is 13.4. The summed E-state index contributed by atoms with van der Waals surface area (Å²) in [5, 5.41) is 2.79. The Morgan fingerprint density at radius 2 is 1.79 bits per heavy atom. The van der Waals surface area contributed by atoms with E-state index in [2.05, 4.69) is 29.1 Å². The minimum absolute atomic E-state index is 0.0835. The number of rotatable bonds is 6. The van der Waals surface area contributed by atoms with Crippen molar-refractivity contribution in [3.05, 3.63) is 87.6 Å². The lowest BCUT2D eigenvalue weighted by Crippen LogP contribution is -2.20. The molecule has 1 amide bonds. The van der Waals surface area contributed by atoms with Gasteiger partial charge in [0.1, 0.15) is 17.3 Å². The lowest BCUT2D eigenvalue weighted by Gasteiger charge is -2.09. The van der Waals surface area contributed by atoms with E-state index in [0.29, 0.717) is 23.9 Å². The van der Waals surface area contributed by atoms with Crippen molar-refractivity contribution in [2.45, 2.75) is 26.2 Å². The van der Waals surface area contributed by atoms with Gasteiger partial charge in [-0.3, -0.25) is 9.59 Å². The van der Waals surface area contributed by atoms with Crippen molar-refractivity contribution in [2.24, 2.45) is 0 Å². The Morgan fingerprint density at radius 3 is 2.39 bits per heavy atom. The van der Waals surface area contributed by atoms with Crippen LogP contribution in [0, 0.1) is 0 Å². The lowest BCUT2D eigenvalue weighted by atomic mass is 10.0. The molecule has 6 heteroatoms. The normalized spacial score (nSPS) is 10.7. The van der Waals surface area contributed by atoms with Crippen LogP contribution in [0.3, 0.4) is 0 Å². The fourth-order valence-corrected chi connectivity index (χ4v) is 2.79. The second kappa shape index (κ2) is 8.52. The number of benzene rings is 2. The maximum Gasteiger partial charge on any atom is 0.274 e. The Bertz CT molecular complexity index is 1010. The van der Waals surface area contributed by atoms with Gasteiger partial charge in [0.05, 0.1) is 7.11 Å². The minimum atomic E-state index is -0.417. The number of carbonyl (C=O) groups is 1. The Kier molecular flexibility index (Phi) is 5.89. The summed E-state index contributed by atoms with van der Waals surface area (Å²) in [5.41, 5.74) is 2.52. The molecule has 6 nitrogen and oxygen atoms in total. The zero-order valence-corrected chi connectivity index (χ0v) is 16.2. The van der Waals surface area contributed by atoms with Crippen molar-refractivity contribution in [1.82, 2.24) is 9.97 Å². The number of carbonyl (C=O) groups excluding carboxylic acids is 1. The van der Waals surface area contributed by atoms with E-state index in [1.54, 1.807) is 7.11 Å². The highest BCUT2D eigenvalue weighted by Crippen LogP contribution is 2.17. The summed E-state index contributed by atoms with van der Waals surface area (Å²) in [6, 6.07) is 16.3. The van der Waals surface area contributed by atoms with E-state index in [0.717, 1.165) is 11.3 Å². The molecule has 3 rings (SSSR count). The monoisotopic (exact) mass is 377 g/mol.